The maximum Gasteiger partial charge on any atom is 0.410 e. The molecule has 18 heavy (non-hydrogen) atoms. The number of hydrogen-bond donors (Lipinski definition) is 1. The Balaban J connectivity index is 4.83. The van der Waals surface area contributed by atoms with Crippen molar-refractivity contribution in [3.05, 3.63) is 0 Å². The molecule has 0 spiro atoms. The van der Waals surface area contributed by atoms with E-state index in [9.17, 15) is 9.59 Å². The molecule has 0 saturated heterocycles. The molecular weight excluding hydrogens is 234 g/mol. The van der Waals surface area contributed by atoms with Crippen LogP contribution in [-0.2, 0) is 9.53 Å². The molecule has 0 fully saturated rings. The molecule has 106 valence electrons. The molecule has 1 atom stereocenters. The highest BCUT2D eigenvalue weighted by molar-refractivity contribution is 5.71. The number of aliphatic carboxylic acids is 1. The fourth-order valence-electron chi connectivity index (χ4n) is 1.88. The number of carbonyl (C=O) groups is 2. The van der Waals surface area contributed by atoms with Crippen LogP contribution in [0.1, 0.15) is 47.0 Å². The van der Waals surface area contributed by atoms with E-state index in [2.05, 4.69) is 0 Å². The average molecular weight is 259 g/mol. The number of hydrogen-bond acceptors (Lipinski definition) is 3. The minimum atomic E-state index is -0.883. The highest BCUT2D eigenvalue weighted by atomic mass is 16.6. The van der Waals surface area contributed by atoms with Gasteiger partial charge in [0, 0.05) is 12.6 Å². The molecule has 0 heterocycles. The van der Waals surface area contributed by atoms with Gasteiger partial charge in [0.25, 0.3) is 0 Å². The maximum atomic E-state index is 11.9. The van der Waals surface area contributed by atoms with Gasteiger partial charge in [0.1, 0.15) is 0 Å². The average Bonchev–Trinajstić information content (AvgIpc) is 2.24. The van der Waals surface area contributed by atoms with E-state index in [1.54, 1.807) is 11.8 Å². The highest BCUT2D eigenvalue weighted by Gasteiger charge is 2.26. The largest absolute Gasteiger partial charge is 0.481 e. The van der Waals surface area contributed by atoms with Gasteiger partial charge in [0.2, 0.25) is 0 Å². The normalized spacial score (nSPS) is 12.3. The van der Waals surface area contributed by atoms with Gasteiger partial charge in [0.15, 0.2) is 0 Å². The van der Waals surface area contributed by atoms with Crippen molar-refractivity contribution in [2.24, 2.45) is 5.92 Å². The van der Waals surface area contributed by atoms with Gasteiger partial charge in [-0.2, -0.15) is 0 Å². The van der Waals surface area contributed by atoms with Gasteiger partial charge in [-0.1, -0.05) is 27.2 Å². The van der Waals surface area contributed by atoms with Crippen LogP contribution in [0.4, 0.5) is 4.79 Å². The Kier molecular flexibility index (Phi) is 8.16. The van der Waals surface area contributed by atoms with Crippen LogP contribution < -0.4 is 0 Å². The minimum absolute atomic E-state index is 0.0284. The van der Waals surface area contributed by atoms with Gasteiger partial charge < -0.3 is 14.7 Å². The Morgan fingerprint density at radius 3 is 2.28 bits per heavy atom. The Morgan fingerprint density at radius 1 is 1.28 bits per heavy atom. The molecule has 1 amide bonds. The van der Waals surface area contributed by atoms with Crippen molar-refractivity contribution < 1.29 is 19.4 Å². The van der Waals surface area contributed by atoms with E-state index in [1.165, 1.54) is 0 Å². The molecule has 0 aliphatic carbocycles. The standard InChI is InChI=1S/C13H25NO4/c1-5-7-11(8-12(15)16)14(9-10(3)4)13(17)18-6-2/h10-11H,5-9H2,1-4H3,(H,15,16). The molecule has 1 unspecified atom stereocenters. The van der Waals surface area contributed by atoms with Gasteiger partial charge >= 0.3 is 12.1 Å². The fraction of sp³-hybridized carbons (Fsp3) is 0.846. The van der Waals surface area contributed by atoms with E-state index < -0.39 is 12.1 Å². The molecule has 1 N–H and O–H groups in total. The minimum Gasteiger partial charge on any atom is -0.481 e. The first-order valence-corrected chi connectivity index (χ1v) is 6.57. The molecule has 0 aliphatic heterocycles. The maximum absolute atomic E-state index is 11.9. The second-order valence-corrected chi connectivity index (χ2v) is 4.79. The Labute approximate surface area is 109 Å². The summed E-state index contributed by atoms with van der Waals surface area (Å²) in [6.45, 7) is 8.55. The molecule has 0 rings (SSSR count). The quantitative estimate of drug-likeness (QED) is 0.727. The highest BCUT2D eigenvalue weighted by Crippen LogP contribution is 2.15. The Morgan fingerprint density at radius 2 is 1.89 bits per heavy atom. The summed E-state index contributed by atoms with van der Waals surface area (Å²) in [4.78, 5) is 24.3. The van der Waals surface area contributed by atoms with Crippen LogP contribution in [0.5, 0.6) is 0 Å². The van der Waals surface area contributed by atoms with Crippen molar-refractivity contribution in [2.45, 2.75) is 53.0 Å². The first-order chi connectivity index (χ1) is 8.42. The Hall–Kier alpha value is -1.26. The van der Waals surface area contributed by atoms with Gasteiger partial charge in [-0.05, 0) is 19.3 Å². The van der Waals surface area contributed by atoms with Crippen molar-refractivity contribution in [3.8, 4) is 0 Å². The zero-order valence-electron chi connectivity index (χ0n) is 11.8. The van der Waals surface area contributed by atoms with E-state index in [-0.39, 0.29) is 18.4 Å². The topological polar surface area (TPSA) is 66.8 Å². The van der Waals surface area contributed by atoms with E-state index >= 15 is 0 Å². The first-order valence-electron chi connectivity index (χ1n) is 6.57. The number of carbonyl (C=O) groups excluding carboxylic acids is 1. The number of nitrogens with zero attached hydrogens (tertiary/aromatic N) is 1. The molecule has 5 nitrogen and oxygen atoms in total. The van der Waals surface area contributed by atoms with Crippen LogP contribution in [0.15, 0.2) is 0 Å². The zero-order chi connectivity index (χ0) is 14.1. The Bertz CT molecular complexity index is 266. The van der Waals surface area contributed by atoms with Gasteiger partial charge in [-0.15, -0.1) is 0 Å². The van der Waals surface area contributed by atoms with Gasteiger partial charge in [-0.3, -0.25) is 4.79 Å². The SMILES string of the molecule is CCCC(CC(=O)O)N(CC(C)C)C(=O)OCC. The summed E-state index contributed by atoms with van der Waals surface area (Å²) < 4.78 is 5.01. The van der Waals surface area contributed by atoms with Gasteiger partial charge in [0.05, 0.1) is 13.0 Å². The summed E-state index contributed by atoms with van der Waals surface area (Å²) >= 11 is 0. The molecule has 0 bridgehead atoms. The third kappa shape index (κ3) is 6.47. The molecule has 0 aromatic heterocycles. The van der Waals surface area contributed by atoms with Crippen molar-refractivity contribution in [1.82, 2.24) is 4.90 Å². The van der Waals surface area contributed by atoms with Crippen LogP contribution in [0.3, 0.4) is 0 Å². The molecule has 0 aromatic carbocycles. The number of amides is 1. The van der Waals surface area contributed by atoms with Crippen molar-refractivity contribution in [2.75, 3.05) is 13.2 Å². The summed E-state index contributed by atoms with van der Waals surface area (Å²) in [6.07, 6.45) is 1.08. The third-order valence-electron chi connectivity index (χ3n) is 2.54. The van der Waals surface area contributed by atoms with Crippen LogP contribution in [-0.4, -0.2) is 41.3 Å². The van der Waals surface area contributed by atoms with E-state index in [0.29, 0.717) is 19.6 Å². The molecule has 0 radical (unpaired) electrons. The number of ether oxygens (including phenoxy) is 1. The summed E-state index contributed by atoms with van der Waals surface area (Å²) in [6, 6.07) is -0.283. The molecule has 0 saturated carbocycles. The lowest BCUT2D eigenvalue weighted by Crippen LogP contribution is -2.44. The molecule has 0 aliphatic rings. The first kappa shape index (κ1) is 16.7. The second kappa shape index (κ2) is 8.78. The molecule has 5 heteroatoms. The van der Waals surface area contributed by atoms with Crippen molar-refractivity contribution in [3.63, 3.8) is 0 Å². The number of carboxylic acids is 1. The number of rotatable bonds is 8. The van der Waals surface area contributed by atoms with E-state index in [1.807, 2.05) is 20.8 Å². The monoisotopic (exact) mass is 259 g/mol. The third-order valence-corrected chi connectivity index (χ3v) is 2.54. The summed E-state index contributed by atoms with van der Waals surface area (Å²) in [5.74, 6) is -0.603. The zero-order valence-corrected chi connectivity index (χ0v) is 11.8. The lowest BCUT2D eigenvalue weighted by atomic mass is 10.1. The van der Waals surface area contributed by atoms with Crippen LogP contribution in [0, 0.1) is 5.92 Å². The van der Waals surface area contributed by atoms with E-state index in [4.69, 9.17) is 9.84 Å². The molecule has 0 aromatic rings. The van der Waals surface area contributed by atoms with Crippen molar-refractivity contribution in [1.29, 1.82) is 0 Å². The summed E-state index contributed by atoms with van der Waals surface area (Å²) in [7, 11) is 0. The van der Waals surface area contributed by atoms with Crippen LogP contribution in [0.25, 0.3) is 0 Å². The smallest absolute Gasteiger partial charge is 0.410 e. The second-order valence-electron chi connectivity index (χ2n) is 4.79. The lowest BCUT2D eigenvalue weighted by molar-refractivity contribution is -0.138. The fourth-order valence-corrected chi connectivity index (χ4v) is 1.88. The molecular formula is C13H25NO4. The number of carboxylic acid groups (broad SMARTS) is 1. The predicted molar refractivity (Wildman–Crippen MR) is 69.5 cm³/mol. The lowest BCUT2D eigenvalue weighted by Gasteiger charge is -2.31. The summed E-state index contributed by atoms with van der Waals surface area (Å²) in [5, 5.41) is 8.93. The van der Waals surface area contributed by atoms with Gasteiger partial charge in [-0.25, -0.2) is 4.79 Å². The summed E-state index contributed by atoms with van der Waals surface area (Å²) in [5.41, 5.74) is 0. The van der Waals surface area contributed by atoms with E-state index in [0.717, 1.165) is 6.42 Å². The van der Waals surface area contributed by atoms with Crippen LogP contribution in [0.2, 0.25) is 0 Å². The van der Waals surface area contributed by atoms with Crippen LogP contribution >= 0.6 is 0 Å². The van der Waals surface area contributed by atoms with Crippen molar-refractivity contribution >= 4 is 12.1 Å². The predicted octanol–water partition coefficient (Wildman–Crippen LogP) is 2.74.